The zero-order chi connectivity index (χ0) is 20.6. The highest BCUT2D eigenvalue weighted by molar-refractivity contribution is 5.88. The van der Waals surface area contributed by atoms with Crippen LogP contribution in [0.25, 0.3) is 10.9 Å². The smallest absolute Gasteiger partial charge is 0.227 e. The van der Waals surface area contributed by atoms with Crippen molar-refractivity contribution in [1.82, 2.24) is 15.2 Å². The quantitative estimate of drug-likeness (QED) is 0.733. The Hall–Kier alpha value is -2.38. The number of carbonyl (C=O) groups is 2. The molecule has 2 aliphatic heterocycles. The standard InChI is InChI=1S/C22H29N3O4/c1-15(26)24-21(2)9-12-29-22(20(21)28)7-10-25(11-8-22)19(27)13-16-14-23-18-6-4-3-5-17(16)18/h3-6,14,20,23,28H,7-13H2,1-2H3,(H,24,26)/t20-,21+/m1/s1. The number of rotatable bonds is 3. The van der Waals surface area contributed by atoms with Crippen molar-refractivity contribution >= 4 is 22.7 Å². The first-order valence-electron chi connectivity index (χ1n) is 10.3. The van der Waals surface area contributed by atoms with Gasteiger partial charge in [0.1, 0.15) is 6.10 Å². The lowest BCUT2D eigenvalue weighted by molar-refractivity contribution is -0.207. The zero-order valence-electron chi connectivity index (χ0n) is 17.0. The lowest BCUT2D eigenvalue weighted by Crippen LogP contribution is -2.69. The molecule has 29 heavy (non-hydrogen) atoms. The second kappa shape index (κ2) is 7.46. The van der Waals surface area contributed by atoms with Crippen LogP contribution < -0.4 is 5.32 Å². The number of carbonyl (C=O) groups excluding carboxylic acids is 2. The molecule has 4 rings (SSSR count). The molecule has 2 amide bonds. The van der Waals surface area contributed by atoms with E-state index in [0.29, 0.717) is 45.4 Å². The molecular formula is C22H29N3O4. The molecule has 0 unspecified atom stereocenters. The minimum atomic E-state index is -0.807. The number of ether oxygens (including phenoxy) is 1. The van der Waals surface area contributed by atoms with E-state index < -0.39 is 17.2 Å². The number of H-pyrrole nitrogens is 1. The van der Waals surface area contributed by atoms with Gasteiger partial charge >= 0.3 is 0 Å². The van der Waals surface area contributed by atoms with Crippen LogP contribution in [0.4, 0.5) is 0 Å². The van der Waals surface area contributed by atoms with Crippen molar-refractivity contribution in [2.45, 2.75) is 56.8 Å². The highest BCUT2D eigenvalue weighted by Crippen LogP contribution is 2.40. The predicted octanol–water partition coefficient (Wildman–Crippen LogP) is 1.75. The van der Waals surface area contributed by atoms with Gasteiger partial charge in [-0.25, -0.2) is 0 Å². The van der Waals surface area contributed by atoms with Gasteiger partial charge in [0.25, 0.3) is 0 Å². The van der Waals surface area contributed by atoms with Gasteiger partial charge < -0.3 is 25.0 Å². The Morgan fingerprint density at radius 1 is 1.28 bits per heavy atom. The number of benzene rings is 1. The van der Waals surface area contributed by atoms with Gasteiger partial charge in [-0.1, -0.05) is 18.2 Å². The summed E-state index contributed by atoms with van der Waals surface area (Å²) in [5, 5.41) is 15.0. The maximum atomic E-state index is 12.9. The normalized spacial score (nSPS) is 26.6. The van der Waals surface area contributed by atoms with Crippen molar-refractivity contribution < 1.29 is 19.4 Å². The fourth-order valence-electron chi connectivity index (χ4n) is 4.90. The molecule has 7 nitrogen and oxygen atoms in total. The van der Waals surface area contributed by atoms with Gasteiger partial charge in [0.05, 0.1) is 17.6 Å². The molecule has 2 atom stereocenters. The Kier molecular flexibility index (Phi) is 5.12. The molecule has 1 spiro atoms. The van der Waals surface area contributed by atoms with Crippen LogP contribution in [0, 0.1) is 0 Å². The van der Waals surface area contributed by atoms with Gasteiger partial charge in [0.15, 0.2) is 0 Å². The van der Waals surface area contributed by atoms with Crippen molar-refractivity contribution in [2.24, 2.45) is 0 Å². The number of hydrogen-bond acceptors (Lipinski definition) is 4. The summed E-state index contributed by atoms with van der Waals surface area (Å²) in [6, 6.07) is 7.97. The van der Waals surface area contributed by atoms with E-state index in [2.05, 4.69) is 10.3 Å². The van der Waals surface area contributed by atoms with Crippen LogP contribution in [0.1, 0.15) is 38.7 Å². The average Bonchev–Trinajstić information content (AvgIpc) is 3.09. The van der Waals surface area contributed by atoms with Gasteiger partial charge in [0.2, 0.25) is 11.8 Å². The summed E-state index contributed by atoms with van der Waals surface area (Å²) in [5.41, 5.74) is 0.606. The van der Waals surface area contributed by atoms with E-state index in [1.807, 2.05) is 42.3 Å². The van der Waals surface area contributed by atoms with Crippen molar-refractivity contribution in [3.05, 3.63) is 36.0 Å². The highest BCUT2D eigenvalue weighted by Gasteiger charge is 2.53. The molecule has 3 N–H and O–H groups in total. The predicted molar refractivity (Wildman–Crippen MR) is 109 cm³/mol. The van der Waals surface area contributed by atoms with Gasteiger partial charge in [-0.3, -0.25) is 9.59 Å². The largest absolute Gasteiger partial charge is 0.388 e. The summed E-state index contributed by atoms with van der Waals surface area (Å²) in [7, 11) is 0. The van der Waals surface area contributed by atoms with Crippen LogP contribution in [0.2, 0.25) is 0 Å². The third kappa shape index (κ3) is 3.65. The Bertz CT molecular complexity index is 916. The van der Waals surface area contributed by atoms with Gasteiger partial charge in [0, 0.05) is 43.7 Å². The molecule has 0 radical (unpaired) electrons. The summed E-state index contributed by atoms with van der Waals surface area (Å²) in [6.45, 7) is 4.89. The number of amides is 2. The van der Waals surface area contributed by atoms with Gasteiger partial charge in [-0.2, -0.15) is 0 Å². The molecule has 2 aliphatic rings. The second-order valence-corrected chi connectivity index (χ2v) is 8.58. The summed E-state index contributed by atoms with van der Waals surface area (Å²) in [4.78, 5) is 29.6. The second-order valence-electron chi connectivity index (χ2n) is 8.58. The minimum Gasteiger partial charge on any atom is -0.388 e. The molecular weight excluding hydrogens is 370 g/mol. The fraction of sp³-hybridized carbons (Fsp3) is 0.545. The maximum absolute atomic E-state index is 12.9. The molecule has 2 fully saturated rings. The third-order valence-corrected chi connectivity index (χ3v) is 6.55. The first-order chi connectivity index (χ1) is 13.8. The Balaban J connectivity index is 1.42. The average molecular weight is 399 g/mol. The summed E-state index contributed by atoms with van der Waals surface area (Å²) in [5.74, 6) is -0.0746. The molecule has 0 aliphatic carbocycles. The number of aromatic amines is 1. The van der Waals surface area contributed by atoms with Crippen LogP contribution in [-0.4, -0.2) is 63.7 Å². The van der Waals surface area contributed by atoms with Crippen LogP contribution in [0.3, 0.4) is 0 Å². The number of aliphatic hydroxyl groups is 1. The Morgan fingerprint density at radius 3 is 2.72 bits per heavy atom. The summed E-state index contributed by atoms with van der Waals surface area (Å²) < 4.78 is 6.04. The van der Waals surface area contributed by atoms with E-state index in [-0.39, 0.29) is 11.8 Å². The maximum Gasteiger partial charge on any atom is 0.227 e. The van der Waals surface area contributed by atoms with E-state index in [0.717, 1.165) is 16.5 Å². The summed E-state index contributed by atoms with van der Waals surface area (Å²) >= 11 is 0. The first kappa shape index (κ1) is 19.9. The number of nitrogens with one attached hydrogen (secondary N) is 2. The van der Waals surface area contributed by atoms with Crippen molar-refractivity contribution in [1.29, 1.82) is 0 Å². The number of likely N-dealkylation sites (tertiary alicyclic amines) is 1. The SMILES string of the molecule is CC(=O)N[C@@]1(C)CCOC2(CCN(C(=O)Cc3c[nH]c4ccccc34)CC2)[C@@H]1O. The first-order valence-corrected chi connectivity index (χ1v) is 10.3. The third-order valence-electron chi connectivity index (χ3n) is 6.55. The van der Waals surface area contributed by atoms with E-state index in [1.54, 1.807) is 0 Å². The van der Waals surface area contributed by atoms with Crippen LogP contribution in [0.5, 0.6) is 0 Å². The summed E-state index contributed by atoms with van der Waals surface area (Å²) in [6.07, 6.45) is 3.13. The number of piperidine rings is 1. The van der Waals surface area contributed by atoms with Gasteiger partial charge in [-0.05, 0) is 37.8 Å². The van der Waals surface area contributed by atoms with Crippen molar-refractivity contribution in [2.75, 3.05) is 19.7 Å². The number of nitrogens with zero attached hydrogens (tertiary/aromatic N) is 1. The van der Waals surface area contributed by atoms with E-state index >= 15 is 0 Å². The van der Waals surface area contributed by atoms with Gasteiger partial charge in [-0.15, -0.1) is 0 Å². The molecule has 156 valence electrons. The van der Waals surface area contributed by atoms with Crippen LogP contribution >= 0.6 is 0 Å². The molecule has 2 aromatic rings. The molecule has 3 heterocycles. The number of aliphatic hydroxyl groups excluding tert-OH is 1. The van der Waals surface area contributed by atoms with E-state index in [4.69, 9.17) is 4.74 Å². The lowest BCUT2D eigenvalue weighted by atomic mass is 9.73. The molecule has 2 saturated heterocycles. The van der Waals surface area contributed by atoms with Crippen LogP contribution in [0.15, 0.2) is 30.5 Å². The van der Waals surface area contributed by atoms with Crippen molar-refractivity contribution in [3.63, 3.8) is 0 Å². The molecule has 1 aromatic heterocycles. The topological polar surface area (TPSA) is 94.7 Å². The number of aromatic nitrogens is 1. The zero-order valence-corrected chi connectivity index (χ0v) is 17.0. The van der Waals surface area contributed by atoms with E-state index in [1.165, 1.54) is 6.92 Å². The number of para-hydroxylation sites is 1. The minimum absolute atomic E-state index is 0.0829. The lowest BCUT2D eigenvalue weighted by Gasteiger charge is -2.53. The van der Waals surface area contributed by atoms with Crippen molar-refractivity contribution in [3.8, 4) is 0 Å². The van der Waals surface area contributed by atoms with E-state index in [9.17, 15) is 14.7 Å². The number of hydrogen-bond donors (Lipinski definition) is 3. The number of fused-ring (bicyclic) bond motifs is 1. The Morgan fingerprint density at radius 2 is 2.00 bits per heavy atom. The highest BCUT2D eigenvalue weighted by atomic mass is 16.5. The molecule has 1 aromatic carbocycles. The van der Waals surface area contributed by atoms with Crippen LogP contribution in [-0.2, 0) is 20.7 Å². The monoisotopic (exact) mass is 399 g/mol. The molecule has 7 heteroatoms. The molecule has 0 bridgehead atoms. The fourth-order valence-corrected chi connectivity index (χ4v) is 4.90. The Labute approximate surface area is 170 Å². The molecule has 0 saturated carbocycles.